The molecule has 0 radical (unpaired) electrons. The Labute approximate surface area is 723 Å². The van der Waals surface area contributed by atoms with Crippen molar-refractivity contribution >= 4 is 123 Å². The van der Waals surface area contributed by atoms with Crippen molar-refractivity contribution in [1.82, 2.24) is 109 Å². The predicted octanol–water partition coefficient (Wildman–Crippen LogP) is -4.24. The van der Waals surface area contributed by atoms with Gasteiger partial charge in [0.1, 0.15) is 66.1 Å². The van der Waals surface area contributed by atoms with Gasteiger partial charge in [-0.25, -0.2) is 15.0 Å². The Hall–Kier alpha value is -14.5. The molecule has 12 atom stereocenters. The van der Waals surface area contributed by atoms with Gasteiger partial charge in [0.25, 0.3) is 5.91 Å². The second kappa shape index (κ2) is 48.2. The summed E-state index contributed by atoms with van der Waals surface area (Å²) < 4.78 is 1.54. The Bertz CT molecular complexity index is 5020. The molecule has 0 bridgehead atoms. The number of aliphatic hydroxyl groups is 1. The van der Waals surface area contributed by atoms with Gasteiger partial charge in [-0.3, -0.25) is 77.9 Å². The molecule has 125 heavy (non-hydrogen) atoms. The highest BCUT2D eigenvalue weighted by atomic mass is 32.2. The molecule has 41 nitrogen and oxygen atoms in total. The maximum Gasteiger partial charge on any atom is 0.255 e. The number of thioether (sulfide) groups is 1. The van der Waals surface area contributed by atoms with Gasteiger partial charge >= 0.3 is 0 Å². The zero-order valence-corrected chi connectivity index (χ0v) is 70.1. The third-order valence-corrected chi connectivity index (χ3v) is 21.3. The number of nitrogens with two attached hydrogens (primary N) is 3. The van der Waals surface area contributed by atoms with Crippen molar-refractivity contribution < 1.29 is 72.2 Å². The van der Waals surface area contributed by atoms with E-state index >= 15 is 38.4 Å². The second-order valence-electron chi connectivity index (χ2n) is 29.5. The average Bonchev–Trinajstić information content (AvgIpc) is 1.58. The van der Waals surface area contributed by atoms with E-state index in [1.807, 2.05) is 12.1 Å². The van der Waals surface area contributed by atoms with E-state index in [2.05, 4.69) is 118 Å². The van der Waals surface area contributed by atoms with Gasteiger partial charge in [-0.1, -0.05) is 136 Å². The maximum atomic E-state index is 15.4. The van der Waals surface area contributed by atoms with E-state index < -0.39 is 198 Å². The van der Waals surface area contributed by atoms with Gasteiger partial charge < -0.3 is 116 Å². The van der Waals surface area contributed by atoms with Crippen LogP contribution < -0.4 is 91.6 Å². The Morgan fingerprint density at radius 3 is 1.84 bits per heavy atom. The molecule has 1 aliphatic rings. The second-order valence-corrected chi connectivity index (χ2v) is 30.5. The zero-order valence-electron chi connectivity index (χ0n) is 69.3. The normalized spacial score (nSPS) is 21.6. The van der Waals surface area contributed by atoms with Crippen LogP contribution in [0, 0.1) is 28.6 Å². The molecule has 3 aromatic heterocycles. The molecule has 0 unspecified atom stereocenters. The number of fused-ring (bicyclic) bond motifs is 1. The molecule has 0 spiro atoms. The van der Waals surface area contributed by atoms with E-state index in [9.17, 15) is 33.9 Å². The van der Waals surface area contributed by atoms with Crippen molar-refractivity contribution in [2.75, 3.05) is 51.3 Å². The summed E-state index contributed by atoms with van der Waals surface area (Å²) in [4.78, 5) is 225. The number of likely N-dealkylation sites (N-methyl/N-ethyl adjacent to an activating group) is 1. The third kappa shape index (κ3) is 30.0. The summed E-state index contributed by atoms with van der Waals surface area (Å²) in [5, 5.41) is 64.4. The number of benzene rings is 4. The fraction of sp³-hybridized carbons (Fsp3) is 0.386. The first-order chi connectivity index (χ1) is 59.9. The lowest BCUT2D eigenvalue weighted by Crippen LogP contribution is -2.61. The lowest BCUT2D eigenvalue weighted by atomic mass is 9.94. The molecule has 4 aromatic carbocycles. The number of imidazole rings is 3. The SMILES string of the molecule is C=C(c1ccccc1)[C@H]1NC(=O)CSC[C@H](C(=O)NCC(N)=O)NC(=O)[C@@H](Cc2cncn2C)NC(=O)[C@@H](CCCNC(=N)N)NC(=O)[C@@H](Cc2cnc[nH]2)NC(=O)[C@@H](Cc2ccccc2)N(C)C(=O)[C@@H](CCCNC(=N)N)NC(=O)[C@@H](CO)NC(=O)CNC(=O)[C@@H](C#Cc2cnc[nH]2)NC(=O)[C@@H](Cc2cccc3ccccc23)NC(=O)[C@@H]([C@H](C)CC)NC1=O. The lowest BCUT2D eigenvalue weighted by molar-refractivity contribution is -0.143. The number of nitrogens with one attached hydrogen (secondary N) is 18. The highest BCUT2D eigenvalue weighted by Gasteiger charge is 2.40. The molecule has 1 saturated heterocycles. The standard InChI is InChI=1S/C83H106N26O15S/c1-6-47(2)69-79(122)104-60(33-52-24-15-23-51-22-13-14-25-56(51)52)74(117)100-58(29-28-53-36-89-44-96-53)71(114)95-40-67(112)98-63(41-110)77(120)101-59(27-17-31-93-83(87)88)81(124)109(5)65(32-49-18-9-7-10-19-49)78(121)103-61(34-54-37-90-45-97-54)75(118)99-57(26-16-30-92-82(85)86)73(116)102-62(35-55-38-91-46-108(55)4)76(119)105-64(72(115)94-39-66(84)111)42-125-43-68(113)106-70(80(123)107-69)48(3)50-20-11-8-12-21-50/h7-15,18-25,36-38,44-47,57-65,69-70,110H,3,6,16-17,26-27,30-35,39-43H2,1-2,4-5H3,(H2,84,111)(H,89,96)(H,90,97)(H,94,115)(H,95,114)(H,98,112)(H,99,118)(H,100,117)(H,101,120)(H,102,116)(H,103,121)(H,104,122)(H,105,119)(H,106,113)(H,107,123)(H4,85,86,92)(H4,87,88,93)/t47-,57-,58-,59-,60-,61-,62-,63-,64-,65-,69-,70-/m1/s1. The first-order valence-electron chi connectivity index (χ1n) is 40.0. The number of aliphatic hydroxyl groups excluding tert-OH is 1. The number of hydrogen-bond donors (Lipinski definition) is 22. The molecule has 1 fully saturated rings. The van der Waals surface area contributed by atoms with Crippen LogP contribution in [0.4, 0.5) is 0 Å². The van der Waals surface area contributed by atoms with Gasteiger partial charge in [-0.2, -0.15) is 0 Å². The first-order valence-corrected chi connectivity index (χ1v) is 41.2. The van der Waals surface area contributed by atoms with Gasteiger partial charge in [0, 0.05) is 82.4 Å². The van der Waals surface area contributed by atoms with Crippen LogP contribution in [0.15, 0.2) is 147 Å². The highest BCUT2D eigenvalue weighted by molar-refractivity contribution is 8.00. The number of rotatable bonds is 24. The van der Waals surface area contributed by atoms with Gasteiger partial charge in [0.15, 0.2) is 18.0 Å². The molecule has 4 heterocycles. The summed E-state index contributed by atoms with van der Waals surface area (Å²) in [5.74, 6) is -11.2. The fourth-order valence-electron chi connectivity index (χ4n) is 13.2. The molecule has 14 amide bonds. The van der Waals surface area contributed by atoms with Crippen LogP contribution in [0.2, 0.25) is 0 Å². The molecule has 1 aliphatic heterocycles. The molecule has 42 heteroatoms. The zero-order chi connectivity index (χ0) is 90.7. The summed E-state index contributed by atoms with van der Waals surface area (Å²) in [6.07, 6.45) is 6.67. The molecular formula is C83H106N26O15S. The van der Waals surface area contributed by atoms with Gasteiger partial charge in [0.05, 0.1) is 50.6 Å². The predicted molar refractivity (Wildman–Crippen MR) is 461 cm³/mol. The first kappa shape index (κ1) is 96.0. The average molecular weight is 1740 g/mol. The fourth-order valence-corrected chi connectivity index (χ4v) is 14.0. The largest absolute Gasteiger partial charge is 0.394 e. The summed E-state index contributed by atoms with van der Waals surface area (Å²) in [6, 6.07) is 10.9. The molecule has 0 saturated carbocycles. The molecule has 7 aromatic rings. The maximum absolute atomic E-state index is 15.4. The number of carbonyl (C=O) groups is 14. The Morgan fingerprint density at radius 2 is 1.19 bits per heavy atom. The minimum atomic E-state index is -1.86. The number of H-pyrrole nitrogens is 2. The van der Waals surface area contributed by atoms with Crippen molar-refractivity contribution in [3.8, 4) is 11.8 Å². The highest BCUT2D eigenvalue weighted by Crippen LogP contribution is 2.23. The summed E-state index contributed by atoms with van der Waals surface area (Å²) in [6.45, 7) is 4.75. The molecule has 25 N–H and O–H groups in total. The number of carbonyl (C=O) groups excluding carboxylic acids is 14. The number of primary amides is 1. The van der Waals surface area contributed by atoms with Crippen molar-refractivity contribution in [3.05, 3.63) is 181 Å². The minimum absolute atomic E-state index is 0.0136. The quantitative estimate of drug-likeness (QED) is 0.0118. The van der Waals surface area contributed by atoms with E-state index in [4.69, 9.17) is 28.0 Å². The van der Waals surface area contributed by atoms with E-state index in [1.54, 1.807) is 112 Å². The van der Waals surface area contributed by atoms with Crippen molar-refractivity contribution in [2.24, 2.45) is 30.2 Å². The number of aromatic nitrogens is 6. The van der Waals surface area contributed by atoms with Gasteiger partial charge in [-0.05, 0) is 70.6 Å². The van der Waals surface area contributed by atoms with E-state index in [-0.39, 0.29) is 87.8 Å². The molecule has 664 valence electrons. The monoisotopic (exact) mass is 1740 g/mol. The summed E-state index contributed by atoms with van der Waals surface area (Å²) in [5.41, 5.74) is 19.0. The number of hydrogen-bond acceptors (Lipinski definition) is 21. The van der Waals surface area contributed by atoms with Crippen LogP contribution in [0.1, 0.15) is 79.7 Å². The van der Waals surface area contributed by atoms with E-state index in [0.29, 0.717) is 27.8 Å². The topological polar surface area (TPSA) is 632 Å². The lowest BCUT2D eigenvalue weighted by Gasteiger charge is -2.33. The van der Waals surface area contributed by atoms with Crippen LogP contribution >= 0.6 is 11.8 Å². The van der Waals surface area contributed by atoms with Gasteiger partial charge in [0.2, 0.25) is 76.8 Å². The van der Waals surface area contributed by atoms with Crippen LogP contribution in [0.3, 0.4) is 0 Å². The van der Waals surface area contributed by atoms with Gasteiger partial charge in [-0.15, -0.1) is 11.8 Å². The number of nitrogens with zero attached hydrogens (tertiary/aromatic N) is 5. The summed E-state index contributed by atoms with van der Waals surface area (Å²) in [7, 11) is 2.85. The number of guanidine groups is 2. The minimum Gasteiger partial charge on any atom is -0.394 e. The van der Waals surface area contributed by atoms with Crippen molar-refractivity contribution in [3.63, 3.8) is 0 Å². The van der Waals surface area contributed by atoms with Crippen LogP contribution in [-0.2, 0) is 99.9 Å². The Kier molecular flexibility index (Phi) is 37.0. The number of aryl methyl sites for hydroxylation is 1. The van der Waals surface area contributed by atoms with Crippen molar-refractivity contribution in [2.45, 2.75) is 138 Å². The third-order valence-electron chi connectivity index (χ3n) is 20.2. The molecular weight excluding hydrogens is 1630 g/mol. The molecule has 0 aliphatic carbocycles. The summed E-state index contributed by atoms with van der Waals surface area (Å²) >= 11 is 0.775. The Balaban J connectivity index is 1.22. The van der Waals surface area contributed by atoms with Crippen LogP contribution in [0.5, 0.6) is 0 Å². The van der Waals surface area contributed by atoms with Crippen molar-refractivity contribution in [1.29, 1.82) is 10.8 Å². The van der Waals surface area contributed by atoms with Crippen LogP contribution in [0.25, 0.3) is 16.3 Å². The number of amides is 14. The van der Waals surface area contributed by atoms with E-state index in [0.717, 1.165) is 22.0 Å². The smallest absolute Gasteiger partial charge is 0.255 e. The number of aromatic amines is 2. The Morgan fingerprint density at radius 1 is 0.600 bits per heavy atom. The molecule has 8 rings (SSSR count). The van der Waals surface area contributed by atoms with E-state index in [1.165, 1.54) is 49.2 Å². The van der Waals surface area contributed by atoms with Crippen LogP contribution in [-0.4, -0.2) is 252 Å².